The second kappa shape index (κ2) is 7.52. The van der Waals surface area contributed by atoms with Crippen LogP contribution in [0.15, 0.2) is 65.3 Å². The van der Waals surface area contributed by atoms with Crippen LogP contribution in [0.3, 0.4) is 0 Å². The predicted molar refractivity (Wildman–Crippen MR) is 97.6 cm³/mol. The molecule has 0 atom stereocenters. The van der Waals surface area contributed by atoms with Crippen LogP contribution in [0.1, 0.15) is 46.3 Å². The minimum absolute atomic E-state index is 0.109. The standard InChI is InChI=1S/C21H21N3O2/c25-21(19-14-20(26-23-19)17-9-10-17)24(15-18-8-4-5-12-22-18)13-11-16-6-2-1-3-7-16/h1-8,12,14,17H,9-11,13,15H2. The van der Waals surface area contributed by atoms with Gasteiger partial charge >= 0.3 is 0 Å². The molecule has 0 N–H and O–H groups in total. The quantitative estimate of drug-likeness (QED) is 0.652. The van der Waals surface area contributed by atoms with Gasteiger partial charge in [-0.25, -0.2) is 0 Å². The third-order valence-electron chi connectivity index (χ3n) is 4.61. The number of hydrogen-bond donors (Lipinski definition) is 0. The van der Waals surface area contributed by atoms with E-state index in [1.165, 1.54) is 5.56 Å². The number of carbonyl (C=O) groups is 1. The van der Waals surface area contributed by atoms with Gasteiger partial charge in [-0.15, -0.1) is 0 Å². The maximum Gasteiger partial charge on any atom is 0.276 e. The normalized spacial score (nSPS) is 13.5. The highest BCUT2D eigenvalue weighted by molar-refractivity contribution is 5.92. The fourth-order valence-electron chi connectivity index (χ4n) is 2.96. The number of pyridine rings is 1. The summed E-state index contributed by atoms with van der Waals surface area (Å²) >= 11 is 0. The monoisotopic (exact) mass is 347 g/mol. The van der Waals surface area contributed by atoms with Crippen molar-refractivity contribution in [3.8, 4) is 0 Å². The molecule has 4 rings (SSSR count). The van der Waals surface area contributed by atoms with E-state index in [0.29, 0.717) is 24.7 Å². The van der Waals surface area contributed by atoms with Gasteiger partial charge in [-0.3, -0.25) is 9.78 Å². The molecule has 3 aromatic rings. The van der Waals surface area contributed by atoms with E-state index in [9.17, 15) is 4.79 Å². The molecule has 1 saturated carbocycles. The second-order valence-corrected chi connectivity index (χ2v) is 6.67. The highest BCUT2D eigenvalue weighted by Crippen LogP contribution is 2.40. The molecule has 0 unspecified atom stereocenters. The largest absolute Gasteiger partial charge is 0.360 e. The van der Waals surface area contributed by atoms with Crippen molar-refractivity contribution in [1.82, 2.24) is 15.0 Å². The van der Waals surface area contributed by atoms with Gasteiger partial charge in [0, 0.05) is 24.7 Å². The van der Waals surface area contributed by atoms with Crippen LogP contribution in [0.5, 0.6) is 0 Å². The fraction of sp³-hybridized carbons (Fsp3) is 0.286. The highest BCUT2D eigenvalue weighted by Gasteiger charge is 2.30. The fourth-order valence-corrected chi connectivity index (χ4v) is 2.96. The molecule has 132 valence electrons. The van der Waals surface area contributed by atoms with E-state index in [1.54, 1.807) is 17.2 Å². The zero-order chi connectivity index (χ0) is 17.8. The summed E-state index contributed by atoms with van der Waals surface area (Å²) < 4.78 is 5.36. The Morgan fingerprint density at radius 2 is 1.92 bits per heavy atom. The number of hydrogen-bond acceptors (Lipinski definition) is 4. The zero-order valence-corrected chi connectivity index (χ0v) is 14.5. The van der Waals surface area contributed by atoms with E-state index in [0.717, 1.165) is 30.7 Å². The van der Waals surface area contributed by atoms with Crippen LogP contribution < -0.4 is 0 Å². The number of nitrogens with zero attached hydrogens (tertiary/aromatic N) is 3. The van der Waals surface area contributed by atoms with Crippen molar-refractivity contribution in [1.29, 1.82) is 0 Å². The first-order chi connectivity index (χ1) is 12.8. The van der Waals surface area contributed by atoms with E-state index in [4.69, 9.17) is 4.52 Å². The summed E-state index contributed by atoms with van der Waals surface area (Å²) in [5.41, 5.74) is 2.45. The Morgan fingerprint density at radius 1 is 1.12 bits per heavy atom. The van der Waals surface area contributed by atoms with Gasteiger partial charge in [0.25, 0.3) is 5.91 Å². The summed E-state index contributed by atoms with van der Waals surface area (Å²) in [5, 5.41) is 4.01. The molecular weight excluding hydrogens is 326 g/mol. The molecule has 26 heavy (non-hydrogen) atoms. The minimum Gasteiger partial charge on any atom is -0.360 e. The van der Waals surface area contributed by atoms with Gasteiger partial charge in [-0.2, -0.15) is 0 Å². The van der Waals surface area contributed by atoms with Crippen LogP contribution >= 0.6 is 0 Å². The van der Waals surface area contributed by atoms with Gasteiger partial charge in [0.1, 0.15) is 5.76 Å². The molecule has 1 aliphatic carbocycles. The van der Waals surface area contributed by atoms with Gasteiger partial charge in [-0.1, -0.05) is 41.6 Å². The predicted octanol–water partition coefficient (Wildman–Crippen LogP) is 3.83. The first-order valence-electron chi connectivity index (χ1n) is 8.99. The molecule has 1 amide bonds. The average Bonchev–Trinajstić information content (AvgIpc) is 3.43. The lowest BCUT2D eigenvalue weighted by Gasteiger charge is -2.21. The maximum atomic E-state index is 13.0. The third-order valence-corrected chi connectivity index (χ3v) is 4.61. The molecule has 5 nitrogen and oxygen atoms in total. The van der Waals surface area contributed by atoms with Gasteiger partial charge < -0.3 is 9.42 Å². The summed E-state index contributed by atoms with van der Waals surface area (Å²) in [6.07, 6.45) is 4.77. The molecule has 0 aliphatic heterocycles. The minimum atomic E-state index is -0.109. The lowest BCUT2D eigenvalue weighted by atomic mass is 10.1. The lowest BCUT2D eigenvalue weighted by Crippen LogP contribution is -2.33. The van der Waals surface area contributed by atoms with Crippen LogP contribution in [-0.4, -0.2) is 27.5 Å². The van der Waals surface area contributed by atoms with Crippen LogP contribution in [0.2, 0.25) is 0 Å². The Kier molecular flexibility index (Phi) is 4.78. The van der Waals surface area contributed by atoms with Gasteiger partial charge in [-0.05, 0) is 37.0 Å². The van der Waals surface area contributed by atoms with E-state index < -0.39 is 0 Å². The number of benzene rings is 1. The van der Waals surface area contributed by atoms with Crippen molar-refractivity contribution in [2.24, 2.45) is 0 Å². The molecule has 1 fully saturated rings. The molecule has 2 aromatic heterocycles. The number of amides is 1. The van der Waals surface area contributed by atoms with Crippen LogP contribution in [0.4, 0.5) is 0 Å². The van der Waals surface area contributed by atoms with Crippen LogP contribution in [0.25, 0.3) is 0 Å². The summed E-state index contributed by atoms with van der Waals surface area (Å²) in [4.78, 5) is 19.2. The summed E-state index contributed by atoms with van der Waals surface area (Å²) in [5.74, 6) is 1.16. The molecule has 1 aromatic carbocycles. The first kappa shape index (κ1) is 16.5. The van der Waals surface area contributed by atoms with Crippen molar-refractivity contribution in [2.75, 3.05) is 6.54 Å². The molecule has 0 spiro atoms. The van der Waals surface area contributed by atoms with Crippen molar-refractivity contribution >= 4 is 5.91 Å². The van der Waals surface area contributed by atoms with E-state index in [2.05, 4.69) is 22.3 Å². The average molecular weight is 347 g/mol. The second-order valence-electron chi connectivity index (χ2n) is 6.67. The third kappa shape index (κ3) is 3.99. The van der Waals surface area contributed by atoms with Crippen LogP contribution in [0, 0.1) is 0 Å². The molecule has 0 radical (unpaired) electrons. The molecule has 1 aliphatic rings. The summed E-state index contributed by atoms with van der Waals surface area (Å²) in [7, 11) is 0. The molecule has 0 saturated heterocycles. The number of carbonyl (C=O) groups excluding carboxylic acids is 1. The van der Waals surface area contributed by atoms with Crippen molar-refractivity contribution < 1.29 is 9.32 Å². The summed E-state index contributed by atoms with van der Waals surface area (Å²) in [6, 6.07) is 17.7. The van der Waals surface area contributed by atoms with Crippen molar-refractivity contribution in [3.63, 3.8) is 0 Å². The van der Waals surface area contributed by atoms with Crippen molar-refractivity contribution in [3.05, 3.63) is 83.5 Å². The Balaban J connectivity index is 1.51. The molecule has 0 bridgehead atoms. The van der Waals surface area contributed by atoms with Gasteiger partial charge in [0.05, 0.1) is 12.2 Å². The molecule has 2 heterocycles. The molecule has 5 heteroatoms. The SMILES string of the molecule is O=C(c1cc(C2CC2)on1)N(CCc1ccccc1)Cc1ccccn1. The van der Waals surface area contributed by atoms with Crippen LogP contribution in [-0.2, 0) is 13.0 Å². The van der Waals surface area contributed by atoms with E-state index >= 15 is 0 Å². The van der Waals surface area contributed by atoms with E-state index in [1.807, 2.05) is 36.4 Å². The Morgan fingerprint density at radius 3 is 2.65 bits per heavy atom. The molecular formula is C21H21N3O2. The topological polar surface area (TPSA) is 59.2 Å². The maximum absolute atomic E-state index is 13.0. The van der Waals surface area contributed by atoms with Crippen molar-refractivity contribution in [2.45, 2.75) is 31.7 Å². The zero-order valence-electron chi connectivity index (χ0n) is 14.5. The first-order valence-corrected chi connectivity index (χ1v) is 8.99. The number of aromatic nitrogens is 2. The summed E-state index contributed by atoms with van der Waals surface area (Å²) in [6.45, 7) is 1.06. The highest BCUT2D eigenvalue weighted by atomic mass is 16.5. The number of rotatable bonds is 7. The Labute approximate surface area is 152 Å². The van der Waals surface area contributed by atoms with Gasteiger partial charge in [0.2, 0.25) is 0 Å². The smallest absolute Gasteiger partial charge is 0.276 e. The Hall–Kier alpha value is -2.95. The van der Waals surface area contributed by atoms with E-state index in [-0.39, 0.29) is 5.91 Å². The lowest BCUT2D eigenvalue weighted by molar-refractivity contribution is 0.0732. The Bertz CT molecular complexity index is 857. The van der Waals surface area contributed by atoms with Gasteiger partial charge in [0.15, 0.2) is 5.69 Å².